The summed E-state index contributed by atoms with van der Waals surface area (Å²) in [6.45, 7) is 2.04. The molecule has 10 heteroatoms. The Morgan fingerprint density at radius 2 is 1.89 bits per heavy atom. The number of nitrogens with one attached hydrogen (secondary N) is 1. The highest BCUT2D eigenvalue weighted by Gasteiger charge is 2.41. The van der Waals surface area contributed by atoms with Crippen LogP contribution >= 0.6 is 15.9 Å². The number of carbonyl (C=O) groups excluding carboxylic acids is 2. The maximum absolute atomic E-state index is 12.7. The molecule has 0 saturated carbocycles. The minimum Gasteiger partial charge on any atom is -0.593 e. The summed E-state index contributed by atoms with van der Waals surface area (Å²) in [4.78, 5) is 26.2. The average Bonchev–Trinajstić information content (AvgIpc) is 2.62. The molecule has 7 nitrogen and oxygen atoms in total. The Morgan fingerprint density at radius 3 is 2.46 bits per heavy atom. The van der Waals surface area contributed by atoms with E-state index in [0.717, 1.165) is 23.7 Å². The van der Waals surface area contributed by atoms with Crippen LogP contribution < -0.4 is 4.72 Å². The van der Waals surface area contributed by atoms with Gasteiger partial charge in [0.25, 0.3) is 0 Å². The van der Waals surface area contributed by atoms with Crippen LogP contribution in [-0.4, -0.2) is 54.6 Å². The van der Waals surface area contributed by atoms with Gasteiger partial charge in [0, 0.05) is 4.47 Å². The smallest absolute Gasteiger partial charge is 0.593 e. The number of benzene rings is 1. The van der Waals surface area contributed by atoms with Gasteiger partial charge in [-0.1, -0.05) is 47.8 Å². The standard InChI is InChI=1S/C18H24BBrN2O5S/c1-3-4-5-6-7-16(21-28(25)15-10-8-14(20)9-11-15)19-26-17(23)12-22(2)13-18(24)27-19/h6-11,16,21H,3-5,12-13H2,1-2H3/b7-6+. The van der Waals surface area contributed by atoms with Crippen LogP contribution in [0.3, 0.4) is 0 Å². The molecule has 28 heavy (non-hydrogen) atoms. The lowest BCUT2D eigenvalue weighted by atomic mass is 9.78. The number of unbranched alkanes of at least 4 members (excludes halogenated alkanes) is 2. The Balaban J connectivity index is 2.16. The van der Waals surface area contributed by atoms with Gasteiger partial charge in [-0.3, -0.25) is 14.5 Å². The quantitative estimate of drug-likeness (QED) is 0.269. The third-order valence-electron chi connectivity index (χ3n) is 3.93. The fourth-order valence-corrected chi connectivity index (χ4v) is 3.72. The molecule has 0 aromatic heterocycles. The molecule has 1 heterocycles. The molecule has 1 fully saturated rings. The molecule has 1 saturated heterocycles. The van der Waals surface area contributed by atoms with Crippen LogP contribution in [0.1, 0.15) is 26.2 Å². The lowest BCUT2D eigenvalue weighted by Crippen LogP contribution is -2.53. The Labute approximate surface area is 177 Å². The molecule has 1 aromatic carbocycles. The zero-order valence-electron chi connectivity index (χ0n) is 15.9. The van der Waals surface area contributed by atoms with Gasteiger partial charge in [-0.15, -0.1) is 4.72 Å². The molecule has 2 atom stereocenters. The van der Waals surface area contributed by atoms with Crippen LogP contribution in [0, 0.1) is 0 Å². The second-order valence-corrected chi connectivity index (χ2v) is 8.62. The second-order valence-electron chi connectivity index (χ2n) is 6.46. The van der Waals surface area contributed by atoms with Crippen LogP contribution in [0.2, 0.25) is 0 Å². The Kier molecular flexibility index (Phi) is 9.53. The fraction of sp³-hybridized carbons (Fsp3) is 0.444. The largest absolute Gasteiger partial charge is 0.625 e. The Hall–Kier alpha value is -1.33. The van der Waals surface area contributed by atoms with Crippen molar-refractivity contribution < 1.29 is 23.5 Å². The van der Waals surface area contributed by atoms with Gasteiger partial charge < -0.3 is 13.9 Å². The fourth-order valence-electron chi connectivity index (χ4n) is 2.50. The molecule has 0 radical (unpaired) electrons. The molecule has 0 amide bonds. The molecule has 0 bridgehead atoms. The van der Waals surface area contributed by atoms with E-state index >= 15 is 0 Å². The number of likely N-dealkylation sites (N-methyl/N-ethyl adjacent to an activating group) is 1. The van der Waals surface area contributed by atoms with Gasteiger partial charge in [0.1, 0.15) is 5.94 Å². The summed E-state index contributed by atoms with van der Waals surface area (Å²) in [6, 6.07) is 7.01. The van der Waals surface area contributed by atoms with E-state index in [1.807, 2.05) is 6.08 Å². The lowest BCUT2D eigenvalue weighted by Gasteiger charge is -2.26. The van der Waals surface area contributed by atoms with Gasteiger partial charge in [0.15, 0.2) is 4.90 Å². The summed E-state index contributed by atoms with van der Waals surface area (Å²) in [5.74, 6) is -1.76. The number of carbonyl (C=O) groups is 2. The van der Waals surface area contributed by atoms with Crippen LogP contribution in [0.4, 0.5) is 0 Å². The molecule has 1 N–H and O–H groups in total. The van der Waals surface area contributed by atoms with Gasteiger partial charge >= 0.3 is 19.1 Å². The highest BCUT2D eigenvalue weighted by atomic mass is 79.9. The predicted molar refractivity (Wildman–Crippen MR) is 112 cm³/mol. The van der Waals surface area contributed by atoms with Crippen LogP contribution in [-0.2, 0) is 30.3 Å². The number of nitrogens with zero attached hydrogens (tertiary/aromatic N) is 1. The first kappa shape index (κ1) is 23.0. The van der Waals surface area contributed by atoms with Gasteiger partial charge in [-0.05, 0) is 37.7 Å². The van der Waals surface area contributed by atoms with Gasteiger partial charge in [-0.2, -0.15) is 0 Å². The van der Waals surface area contributed by atoms with E-state index in [1.165, 1.54) is 4.90 Å². The maximum atomic E-state index is 12.7. The number of allylic oxidation sites excluding steroid dienone is 1. The monoisotopic (exact) mass is 470 g/mol. The molecule has 1 aliphatic rings. The molecule has 0 spiro atoms. The molecule has 1 aliphatic heterocycles. The third kappa shape index (κ3) is 7.59. The van der Waals surface area contributed by atoms with E-state index in [-0.39, 0.29) is 13.1 Å². The topological polar surface area (TPSA) is 90.9 Å². The van der Waals surface area contributed by atoms with E-state index in [1.54, 1.807) is 37.4 Å². The minimum atomic E-state index is -1.59. The highest BCUT2D eigenvalue weighted by molar-refractivity contribution is 9.10. The van der Waals surface area contributed by atoms with Crippen molar-refractivity contribution in [3.05, 3.63) is 40.9 Å². The zero-order chi connectivity index (χ0) is 20.5. The van der Waals surface area contributed by atoms with Crippen molar-refractivity contribution >= 4 is 46.3 Å². The van der Waals surface area contributed by atoms with Crippen molar-refractivity contribution in [2.75, 3.05) is 20.1 Å². The van der Waals surface area contributed by atoms with E-state index in [4.69, 9.17) is 9.31 Å². The maximum Gasteiger partial charge on any atom is 0.625 e. The van der Waals surface area contributed by atoms with E-state index in [0.29, 0.717) is 4.90 Å². The van der Waals surface area contributed by atoms with Crippen molar-refractivity contribution in [3.8, 4) is 0 Å². The summed E-state index contributed by atoms with van der Waals surface area (Å²) >= 11 is 1.76. The summed E-state index contributed by atoms with van der Waals surface area (Å²) < 4.78 is 27.2. The summed E-state index contributed by atoms with van der Waals surface area (Å²) in [6.07, 6.45) is 6.49. The predicted octanol–water partition coefficient (Wildman–Crippen LogP) is 2.24. The SMILES string of the molecule is CCCC/C=C/C(N[S+]([O-])c1ccc(Br)cc1)B1OC(=O)CN(C)CC(=O)O1. The van der Waals surface area contributed by atoms with Crippen molar-refractivity contribution in [1.29, 1.82) is 0 Å². The molecule has 2 rings (SSSR count). The highest BCUT2D eigenvalue weighted by Crippen LogP contribution is 2.16. The number of halogens is 1. The number of hydrogen-bond donors (Lipinski definition) is 1. The molecular weight excluding hydrogens is 447 g/mol. The van der Waals surface area contributed by atoms with E-state index < -0.39 is 36.4 Å². The van der Waals surface area contributed by atoms with Crippen molar-refractivity contribution in [3.63, 3.8) is 0 Å². The minimum absolute atomic E-state index is 0.0202. The van der Waals surface area contributed by atoms with Crippen LogP contribution in [0.15, 0.2) is 45.8 Å². The van der Waals surface area contributed by atoms with Crippen molar-refractivity contribution in [1.82, 2.24) is 9.62 Å². The first-order valence-electron chi connectivity index (χ1n) is 9.06. The molecular formula is C18H24BBrN2O5S. The third-order valence-corrected chi connectivity index (χ3v) is 5.64. The second kappa shape index (κ2) is 11.6. The first-order valence-corrected chi connectivity index (χ1v) is 11.0. The average molecular weight is 471 g/mol. The summed E-state index contributed by atoms with van der Waals surface area (Å²) in [5.41, 5.74) is 0. The number of hydrogen-bond acceptors (Lipinski definition) is 7. The molecule has 1 aromatic rings. The Bertz CT molecular complexity index is 671. The van der Waals surface area contributed by atoms with Crippen molar-refractivity contribution in [2.45, 2.75) is 37.0 Å². The van der Waals surface area contributed by atoms with Gasteiger partial charge in [0.05, 0.1) is 24.5 Å². The van der Waals surface area contributed by atoms with E-state index in [2.05, 4.69) is 27.6 Å². The lowest BCUT2D eigenvalue weighted by molar-refractivity contribution is -0.145. The Morgan fingerprint density at radius 1 is 1.29 bits per heavy atom. The summed E-state index contributed by atoms with van der Waals surface area (Å²) in [7, 11) is 0.442. The summed E-state index contributed by atoms with van der Waals surface area (Å²) in [5, 5.41) is 0. The zero-order valence-corrected chi connectivity index (χ0v) is 18.3. The number of rotatable bonds is 8. The normalized spacial score (nSPS) is 18.4. The van der Waals surface area contributed by atoms with Gasteiger partial charge in [0.2, 0.25) is 0 Å². The first-order chi connectivity index (χ1) is 13.4. The van der Waals surface area contributed by atoms with E-state index in [9.17, 15) is 14.1 Å². The van der Waals surface area contributed by atoms with Crippen molar-refractivity contribution in [2.24, 2.45) is 0 Å². The molecule has 152 valence electrons. The molecule has 2 unspecified atom stereocenters. The molecule has 0 aliphatic carbocycles. The van der Waals surface area contributed by atoms with Crippen LogP contribution in [0.5, 0.6) is 0 Å². The van der Waals surface area contributed by atoms with Crippen LogP contribution in [0.25, 0.3) is 0 Å². The van der Waals surface area contributed by atoms with Gasteiger partial charge in [-0.25, -0.2) is 0 Å².